The fourth-order valence-corrected chi connectivity index (χ4v) is 9.20. The number of primary amides is 1. The van der Waals surface area contributed by atoms with E-state index in [0.29, 0.717) is 37.8 Å². The molecule has 0 spiro atoms. The molecule has 0 bridgehead atoms. The molecule has 4 atom stereocenters. The quantitative estimate of drug-likeness (QED) is 0.0591. The van der Waals surface area contributed by atoms with Crippen LogP contribution >= 0.6 is 0 Å². The Morgan fingerprint density at radius 2 is 0.986 bits per heavy atom. The summed E-state index contributed by atoms with van der Waals surface area (Å²) in [5.41, 5.74) is 7.02. The van der Waals surface area contributed by atoms with Crippen molar-refractivity contribution in [1.29, 1.82) is 0 Å². The largest absolute Gasteiger partial charge is 0.508 e. The lowest BCUT2D eigenvalue weighted by molar-refractivity contribution is -0.144. The molecule has 3 aliphatic heterocycles. The molecule has 9 N–H and O–H groups in total. The molecular formula is C48H68N10O13. The molecule has 3 saturated heterocycles. The number of benzene rings is 2. The summed E-state index contributed by atoms with van der Waals surface area (Å²) in [5, 5.41) is 46.9. The number of carboxylic acid groups (broad SMARTS) is 3. The first-order valence-electron chi connectivity index (χ1n) is 24.1. The summed E-state index contributed by atoms with van der Waals surface area (Å²) >= 11 is 0. The van der Waals surface area contributed by atoms with E-state index in [4.69, 9.17) is 5.73 Å². The number of rotatable bonds is 22. The minimum Gasteiger partial charge on any atom is -0.508 e. The van der Waals surface area contributed by atoms with Crippen LogP contribution in [0.25, 0.3) is 0 Å². The summed E-state index contributed by atoms with van der Waals surface area (Å²) < 4.78 is 0. The van der Waals surface area contributed by atoms with Gasteiger partial charge in [-0.05, 0) is 55.4 Å². The third kappa shape index (κ3) is 18.2. The highest BCUT2D eigenvalue weighted by Gasteiger charge is 2.41. The van der Waals surface area contributed by atoms with Crippen LogP contribution in [-0.2, 0) is 56.0 Å². The number of nitrogens with two attached hydrogens (primary N) is 1. The Kier molecular flexibility index (Phi) is 21.5. The van der Waals surface area contributed by atoms with E-state index in [1.807, 2.05) is 30.3 Å². The van der Waals surface area contributed by atoms with Crippen LogP contribution < -0.4 is 21.7 Å². The fraction of sp³-hybridized carbons (Fsp3) is 0.562. The fourth-order valence-electron chi connectivity index (χ4n) is 9.20. The maximum atomic E-state index is 14.4. The zero-order valence-corrected chi connectivity index (χ0v) is 40.0. The zero-order chi connectivity index (χ0) is 51.5. The number of likely N-dealkylation sites (tertiary alicyclic amines) is 2. The number of carbonyl (C=O) groups excluding carboxylic acids is 6. The summed E-state index contributed by atoms with van der Waals surface area (Å²) in [7, 11) is 0. The molecule has 6 amide bonds. The second-order valence-corrected chi connectivity index (χ2v) is 18.3. The Hall–Kier alpha value is -6.69. The van der Waals surface area contributed by atoms with Gasteiger partial charge in [0.05, 0.1) is 26.2 Å². The van der Waals surface area contributed by atoms with Gasteiger partial charge in [0, 0.05) is 91.3 Å². The minimum atomic E-state index is -1.13. The molecular weight excluding hydrogens is 925 g/mol. The number of phenolic OH excluding ortho intramolecular Hbond substituents is 1. The van der Waals surface area contributed by atoms with Crippen molar-refractivity contribution in [2.75, 3.05) is 98.2 Å². The smallest absolute Gasteiger partial charge is 0.317 e. The SMILES string of the molecule is NC(=O)[C@@H]1CCCN1C(=O)[C@H](Cc1ccccc1)NC(=O)[C@@H]1CCCN1C(=O)[C@H](Cc1ccc(O)cc1)NC(=O)CCCNC(=O)CN1CCN(CC(=O)O)CCN(CC(=O)O)CCN(CC(=O)O)CC1. The van der Waals surface area contributed by atoms with Gasteiger partial charge in [-0.1, -0.05) is 42.5 Å². The number of aliphatic carboxylic acids is 3. The lowest BCUT2D eigenvalue weighted by Crippen LogP contribution is -2.58. The summed E-state index contributed by atoms with van der Waals surface area (Å²) in [6.07, 6.45) is 2.01. The van der Waals surface area contributed by atoms with Crippen molar-refractivity contribution in [1.82, 2.24) is 45.3 Å². The van der Waals surface area contributed by atoms with Gasteiger partial charge in [-0.15, -0.1) is 0 Å². The Morgan fingerprint density at radius 1 is 0.549 bits per heavy atom. The molecule has 3 fully saturated rings. The molecule has 5 rings (SSSR count). The van der Waals surface area contributed by atoms with Crippen LogP contribution in [0.2, 0.25) is 0 Å². The predicted octanol–water partition coefficient (Wildman–Crippen LogP) is -2.01. The van der Waals surface area contributed by atoms with Gasteiger partial charge >= 0.3 is 17.9 Å². The summed E-state index contributed by atoms with van der Waals surface area (Å²) in [5.74, 6) is -6.25. The average molecular weight is 993 g/mol. The molecule has 388 valence electrons. The van der Waals surface area contributed by atoms with Gasteiger partial charge in [-0.3, -0.25) is 62.8 Å². The van der Waals surface area contributed by atoms with Gasteiger partial charge < -0.3 is 51.9 Å². The second kappa shape index (κ2) is 27.6. The molecule has 3 heterocycles. The number of carbonyl (C=O) groups is 9. The number of aromatic hydroxyl groups is 1. The molecule has 0 aromatic heterocycles. The summed E-state index contributed by atoms with van der Waals surface area (Å²) in [6, 6.07) is 11.3. The van der Waals surface area contributed by atoms with Gasteiger partial charge in [0.25, 0.3) is 0 Å². The molecule has 0 radical (unpaired) electrons. The number of hydrogen-bond donors (Lipinski definition) is 8. The van der Waals surface area contributed by atoms with Crippen molar-refractivity contribution in [3.8, 4) is 5.75 Å². The van der Waals surface area contributed by atoms with Crippen LogP contribution in [-0.4, -0.2) is 226 Å². The number of carboxylic acids is 3. The van der Waals surface area contributed by atoms with Crippen molar-refractivity contribution in [3.05, 3.63) is 65.7 Å². The molecule has 23 heteroatoms. The molecule has 71 heavy (non-hydrogen) atoms. The predicted molar refractivity (Wildman–Crippen MR) is 255 cm³/mol. The van der Waals surface area contributed by atoms with E-state index in [2.05, 4.69) is 16.0 Å². The standard InChI is InChI=1S/C48H68N10O13/c49-45(68)38-9-5-17-57(38)48(71)37(27-33-7-2-1-3-8-33)52-46(69)39-10-6-18-58(39)47(70)36(28-34-12-14-35(59)15-13-34)51-40(60)11-4-16-50-41(61)29-53-19-21-54(30-42(62)63)23-25-56(32-44(66)67)26-24-55(22-20-53)31-43(64)65/h1-3,7-8,12-15,36-39,59H,4-6,9-11,16-32H2,(H2,49,68)(H,50,61)(H,51,60)(H,52,69)(H,62,63)(H,64,65)(H,66,67)/t36-,37-,38-,39-/m0/s1. The van der Waals surface area contributed by atoms with Crippen LogP contribution in [0, 0.1) is 0 Å². The number of hydrogen-bond acceptors (Lipinski definition) is 14. The van der Waals surface area contributed by atoms with Gasteiger partial charge in [0.1, 0.15) is 29.9 Å². The molecule has 3 aliphatic rings. The molecule has 0 saturated carbocycles. The van der Waals surface area contributed by atoms with E-state index >= 15 is 0 Å². The van der Waals surface area contributed by atoms with Crippen LogP contribution in [0.4, 0.5) is 0 Å². The van der Waals surface area contributed by atoms with Crippen LogP contribution in [0.3, 0.4) is 0 Å². The second-order valence-electron chi connectivity index (χ2n) is 18.3. The minimum absolute atomic E-state index is 0.00385. The Morgan fingerprint density at radius 3 is 1.46 bits per heavy atom. The molecule has 0 aliphatic carbocycles. The summed E-state index contributed by atoms with van der Waals surface area (Å²) in [4.78, 5) is 126. The highest BCUT2D eigenvalue weighted by Crippen LogP contribution is 2.23. The lowest BCUT2D eigenvalue weighted by atomic mass is 10.0. The van der Waals surface area contributed by atoms with E-state index in [-0.39, 0.29) is 129 Å². The first-order chi connectivity index (χ1) is 33.9. The topological polar surface area (TPSA) is 316 Å². The number of phenols is 1. The van der Waals surface area contributed by atoms with Crippen LogP contribution in [0.1, 0.15) is 49.7 Å². The first-order valence-corrected chi connectivity index (χ1v) is 24.1. The third-order valence-corrected chi connectivity index (χ3v) is 12.9. The zero-order valence-electron chi connectivity index (χ0n) is 40.0. The van der Waals surface area contributed by atoms with E-state index in [9.17, 15) is 63.6 Å². The molecule has 2 aromatic rings. The van der Waals surface area contributed by atoms with Gasteiger partial charge in [0.2, 0.25) is 35.4 Å². The van der Waals surface area contributed by atoms with E-state index in [0.717, 1.165) is 5.56 Å². The average Bonchev–Trinajstić information content (AvgIpc) is 4.03. The van der Waals surface area contributed by atoms with Crippen molar-refractivity contribution in [2.45, 2.75) is 75.5 Å². The normalized spacial score (nSPS) is 19.7. The molecule has 0 unspecified atom stereocenters. The highest BCUT2D eigenvalue weighted by molar-refractivity contribution is 5.96. The maximum absolute atomic E-state index is 14.4. The number of amides is 6. The summed E-state index contributed by atoms with van der Waals surface area (Å²) in [6.45, 7) is 1.48. The van der Waals surface area contributed by atoms with Gasteiger partial charge in [0.15, 0.2) is 0 Å². The first kappa shape index (κ1) is 55.2. The van der Waals surface area contributed by atoms with E-state index in [1.165, 1.54) is 21.9 Å². The number of nitrogens with one attached hydrogen (secondary N) is 3. The van der Waals surface area contributed by atoms with Crippen LogP contribution in [0.15, 0.2) is 54.6 Å². The van der Waals surface area contributed by atoms with Crippen LogP contribution in [0.5, 0.6) is 5.75 Å². The highest BCUT2D eigenvalue weighted by atomic mass is 16.4. The molecule has 23 nitrogen and oxygen atoms in total. The van der Waals surface area contributed by atoms with E-state index < -0.39 is 71.6 Å². The van der Waals surface area contributed by atoms with Crippen molar-refractivity contribution < 1.29 is 63.6 Å². The third-order valence-electron chi connectivity index (χ3n) is 12.9. The van der Waals surface area contributed by atoms with Crippen molar-refractivity contribution in [2.24, 2.45) is 5.73 Å². The number of nitrogens with zero attached hydrogens (tertiary/aromatic N) is 6. The Balaban J connectivity index is 1.20. The monoisotopic (exact) mass is 992 g/mol. The van der Waals surface area contributed by atoms with Crippen molar-refractivity contribution in [3.63, 3.8) is 0 Å². The Bertz CT molecular complexity index is 2130. The van der Waals surface area contributed by atoms with Crippen molar-refractivity contribution >= 4 is 53.4 Å². The van der Waals surface area contributed by atoms with E-state index in [1.54, 1.807) is 31.7 Å². The van der Waals surface area contributed by atoms with Gasteiger partial charge in [-0.25, -0.2) is 0 Å². The Labute approximate surface area is 412 Å². The molecule has 2 aromatic carbocycles. The lowest BCUT2D eigenvalue weighted by Gasteiger charge is -2.32. The maximum Gasteiger partial charge on any atom is 0.317 e. The van der Waals surface area contributed by atoms with Gasteiger partial charge in [-0.2, -0.15) is 0 Å².